The van der Waals surface area contributed by atoms with E-state index in [0.717, 1.165) is 26.9 Å². The fraction of sp³-hybridized carbons (Fsp3) is 0.0526. The summed E-state index contributed by atoms with van der Waals surface area (Å²) in [7, 11) is 1.62. The average Bonchev–Trinajstić information content (AvgIpc) is 3.12. The van der Waals surface area contributed by atoms with E-state index in [2.05, 4.69) is 10.3 Å². The third-order valence-electron chi connectivity index (χ3n) is 3.97. The molecule has 0 aliphatic carbocycles. The van der Waals surface area contributed by atoms with Crippen LogP contribution in [-0.4, -0.2) is 23.2 Å². The number of ether oxygens (including phenoxy) is 1. The van der Waals surface area contributed by atoms with Crippen LogP contribution in [0.15, 0.2) is 53.9 Å². The Bertz CT molecular complexity index is 1100. The first-order chi connectivity index (χ1) is 12.2. The molecule has 0 saturated heterocycles. The minimum Gasteiger partial charge on any atom is -0.497 e. The van der Waals surface area contributed by atoms with Crippen LogP contribution in [0.2, 0.25) is 0 Å². The van der Waals surface area contributed by atoms with E-state index in [1.54, 1.807) is 30.6 Å². The second-order valence-corrected chi connectivity index (χ2v) is 6.43. The highest BCUT2D eigenvalue weighted by molar-refractivity contribution is 7.18. The summed E-state index contributed by atoms with van der Waals surface area (Å²) in [6.45, 7) is 0. The largest absolute Gasteiger partial charge is 0.497 e. The van der Waals surface area contributed by atoms with Crippen LogP contribution in [0.25, 0.3) is 21.0 Å². The molecular weight excluding hydrogens is 336 g/mol. The van der Waals surface area contributed by atoms with E-state index in [1.165, 1.54) is 0 Å². The zero-order valence-electron chi connectivity index (χ0n) is 13.3. The lowest BCUT2D eigenvalue weighted by molar-refractivity contribution is 0.0697. The first-order valence-corrected chi connectivity index (χ1v) is 8.49. The van der Waals surface area contributed by atoms with Crippen molar-refractivity contribution in [1.29, 1.82) is 0 Å². The maximum absolute atomic E-state index is 11.3. The molecule has 0 saturated carbocycles. The molecule has 0 aliphatic heterocycles. The molecule has 25 heavy (non-hydrogen) atoms. The van der Waals surface area contributed by atoms with Crippen molar-refractivity contribution in [3.63, 3.8) is 0 Å². The Morgan fingerprint density at radius 3 is 2.84 bits per heavy atom. The molecule has 2 aromatic carbocycles. The van der Waals surface area contributed by atoms with Crippen LogP contribution in [-0.2, 0) is 0 Å². The molecule has 6 heteroatoms. The highest BCUT2D eigenvalue weighted by Crippen LogP contribution is 2.35. The van der Waals surface area contributed by atoms with Crippen molar-refractivity contribution in [2.24, 2.45) is 0 Å². The zero-order valence-corrected chi connectivity index (χ0v) is 14.1. The molecule has 0 atom stereocenters. The molecule has 5 nitrogen and oxygen atoms in total. The van der Waals surface area contributed by atoms with Crippen LogP contribution in [0.1, 0.15) is 10.4 Å². The lowest BCUT2D eigenvalue weighted by atomic mass is 10.1. The number of aromatic nitrogens is 1. The number of nitrogens with zero attached hydrogens (tertiary/aromatic N) is 1. The Morgan fingerprint density at radius 2 is 2.04 bits per heavy atom. The van der Waals surface area contributed by atoms with Crippen LogP contribution in [0, 0.1) is 0 Å². The molecule has 0 spiro atoms. The van der Waals surface area contributed by atoms with E-state index in [9.17, 15) is 9.90 Å². The maximum Gasteiger partial charge on any atom is 0.335 e. The first kappa shape index (κ1) is 15.4. The summed E-state index contributed by atoms with van der Waals surface area (Å²) in [5.41, 5.74) is 1.73. The van der Waals surface area contributed by atoms with Crippen LogP contribution >= 0.6 is 11.3 Å². The molecule has 0 aliphatic rings. The highest BCUT2D eigenvalue weighted by atomic mass is 32.1. The second kappa shape index (κ2) is 6.07. The number of aromatic carboxylic acids is 1. The van der Waals surface area contributed by atoms with Gasteiger partial charge in [0.15, 0.2) is 0 Å². The van der Waals surface area contributed by atoms with Crippen molar-refractivity contribution in [2.75, 3.05) is 12.4 Å². The van der Waals surface area contributed by atoms with Crippen LogP contribution in [0.3, 0.4) is 0 Å². The number of anilines is 2. The number of hydrogen-bond acceptors (Lipinski definition) is 5. The van der Waals surface area contributed by atoms with E-state index in [4.69, 9.17) is 4.74 Å². The summed E-state index contributed by atoms with van der Waals surface area (Å²) < 4.78 is 6.33. The molecule has 4 aromatic rings. The zero-order chi connectivity index (χ0) is 17.4. The van der Waals surface area contributed by atoms with E-state index in [0.29, 0.717) is 11.3 Å². The molecule has 0 unspecified atom stereocenters. The number of rotatable bonds is 4. The molecule has 0 bridgehead atoms. The van der Waals surface area contributed by atoms with Gasteiger partial charge in [0.2, 0.25) is 0 Å². The molecule has 2 N–H and O–H groups in total. The molecule has 2 heterocycles. The molecule has 0 amide bonds. The van der Waals surface area contributed by atoms with Gasteiger partial charge in [-0.25, -0.2) is 9.78 Å². The smallest absolute Gasteiger partial charge is 0.335 e. The number of carbonyl (C=O) groups is 1. The Labute approximate surface area is 147 Å². The van der Waals surface area contributed by atoms with Gasteiger partial charge >= 0.3 is 5.97 Å². The SMILES string of the molecule is COc1cccc(Nc2nc3cc(C(=O)O)ccc3c3sccc23)c1. The van der Waals surface area contributed by atoms with Gasteiger partial charge in [-0.2, -0.15) is 0 Å². The normalized spacial score (nSPS) is 10.9. The lowest BCUT2D eigenvalue weighted by Crippen LogP contribution is -1.98. The number of nitrogens with one attached hydrogen (secondary N) is 1. The highest BCUT2D eigenvalue weighted by Gasteiger charge is 2.12. The van der Waals surface area contributed by atoms with E-state index in [1.807, 2.05) is 41.8 Å². The van der Waals surface area contributed by atoms with Gasteiger partial charge in [-0.05, 0) is 35.7 Å². The first-order valence-electron chi connectivity index (χ1n) is 7.61. The van der Waals surface area contributed by atoms with Gasteiger partial charge in [-0.15, -0.1) is 11.3 Å². The fourth-order valence-electron chi connectivity index (χ4n) is 2.77. The summed E-state index contributed by atoms with van der Waals surface area (Å²) in [6, 6.07) is 14.6. The van der Waals surface area contributed by atoms with Gasteiger partial charge in [0.25, 0.3) is 0 Å². The van der Waals surface area contributed by atoms with Gasteiger partial charge in [0, 0.05) is 27.2 Å². The Balaban J connectivity index is 1.88. The molecule has 124 valence electrons. The van der Waals surface area contributed by atoms with E-state index < -0.39 is 5.97 Å². The number of fused-ring (bicyclic) bond motifs is 3. The van der Waals surface area contributed by atoms with E-state index >= 15 is 0 Å². The molecular formula is C19H14N2O3S. The van der Waals surface area contributed by atoms with Gasteiger partial charge in [0.1, 0.15) is 11.6 Å². The summed E-state index contributed by atoms with van der Waals surface area (Å²) in [5.74, 6) is 0.484. The third kappa shape index (κ3) is 2.77. The van der Waals surface area contributed by atoms with Crippen molar-refractivity contribution in [3.05, 3.63) is 59.5 Å². The molecule has 0 fully saturated rings. The molecule has 0 radical (unpaired) electrons. The topological polar surface area (TPSA) is 71.5 Å². The maximum atomic E-state index is 11.3. The summed E-state index contributed by atoms with van der Waals surface area (Å²) in [4.78, 5) is 15.9. The molecule has 4 rings (SSSR count). The van der Waals surface area contributed by atoms with Crippen molar-refractivity contribution < 1.29 is 14.6 Å². The van der Waals surface area contributed by atoms with Crippen LogP contribution < -0.4 is 10.1 Å². The van der Waals surface area contributed by atoms with Crippen molar-refractivity contribution >= 4 is 49.8 Å². The predicted molar refractivity (Wildman–Crippen MR) is 100 cm³/mol. The van der Waals surface area contributed by atoms with Crippen LogP contribution in [0.4, 0.5) is 11.5 Å². The Morgan fingerprint density at radius 1 is 1.16 bits per heavy atom. The standard InChI is InChI=1S/C19H14N2O3S/c1-24-13-4-2-3-12(10-13)20-18-15-7-8-25-17(15)14-6-5-11(19(22)23)9-16(14)21-18/h2-10H,1H3,(H,20,21)(H,22,23). The monoisotopic (exact) mass is 350 g/mol. The number of carboxylic acids is 1. The minimum atomic E-state index is -0.961. The minimum absolute atomic E-state index is 0.225. The quantitative estimate of drug-likeness (QED) is 0.548. The second-order valence-electron chi connectivity index (χ2n) is 5.52. The average molecular weight is 350 g/mol. The fourth-order valence-corrected chi connectivity index (χ4v) is 3.70. The van der Waals surface area contributed by atoms with Crippen molar-refractivity contribution in [1.82, 2.24) is 4.98 Å². The van der Waals surface area contributed by atoms with Gasteiger partial charge in [-0.1, -0.05) is 12.1 Å². The van der Waals surface area contributed by atoms with E-state index in [-0.39, 0.29) is 5.56 Å². The predicted octanol–water partition coefficient (Wildman–Crippen LogP) is 4.90. The van der Waals surface area contributed by atoms with Crippen molar-refractivity contribution in [3.8, 4) is 5.75 Å². The third-order valence-corrected chi connectivity index (χ3v) is 4.92. The van der Waals surface area contributed by atoms with Crippen molar-refractivity contribution in [2.45, 2.75) is 0 Å². The number of thiophene rings is 1. The van der Waals surface area contributed by atoms with Gasteiger partial charge in [-0.3, -0.25) is 0 Å². The van der Waals surface area contributed by atoms with Crippen LogP contribution in [0.5, 0.6) is 5.75 Å². The van der Waals surface area contributed by atoms with Gasteiger partial charge in [0.05, 0.1) is 18.2 Å². The summed E-state index contributed by atoms with van der Waals surface area (Å²) >= 11 is 1.61. The Kier molecular flexibility index (Phi) is 3.74. The van der Waals surface area contributed by atoms with Gasteiger partial charge < -0.3 is 15.2 Å². The number of hydrogen-bond donors (Lipinski definition) is 2. The number of benzene rings is 2. The lowest BCUT2D eigenvalue weighted by Gasteiger charge is -2.10. The number of carboxylic acid groups (broad SMARTS) is 1. The Hall–Kier alpha value is -3.12. The summed E-state index contributed by atoms with van der Waals surface area (Å²) in [6.07, 6.45) is 0. The summed E-state index contributed by atoms with van der Waals surface area (Å²) in [5, 5.41) is 16.5. The number of pyridine rings is 1. The molecule has 2 aromatic heterocycles. The number of methoxy groups -OCH3 is 1.